The summed E-state index contributed by atoms with van der Waals surface area (Å²) >= 11 is 1.80. The summed E-state index contributed by atoms with van der Waals surface area (Å²) in [6.45, 7) is 6.13. The van der Waals surface area contributed by atoms with Crippen molar-refractivity contribution in [1.82, 2.24) is 0 Å². The molecule has 3 N–H and O–H groups in total. The summed E-state index contributed by atoms with van der Waals surface area (Å²) in [6.07, 6.45) is 0.350. The van der Waals surface area contributed by atoms with Crippen molar-refractivity contribution in [2.45, 2.75) is 43.4 Å². The minimum absolute atomic E-state index is 0.0377. The minimum Gasteiger partial charge on any atom is -0.327 e. The normalized spacial score (nSPS) is 12.5. The van der Waals surface area contributed by atoms with Crippen LogP contribution in [0.25, 0.3) is 0 Å². The molecule has 94 valence electrons. The number of anilines is 1. The van der Waals surface area contributed by atoms with Gasteiger partial charge in [0.15, 0.2) is 0 Å². The molecule has 0 aliphatic heterocycles. The quantitative estimate of drug-likeness (QED) is 0.792. The number of carbonyl (C=O) groups is 1. The Morgan fingerprint density at radius 2 is 1.88 bits per heavy atom. The maximum Gasteiger partial charge on any atom is 0.225 e. The molecule has 1 unspecified atom stereocenters. The number of nitrogens with two attached hydrogens (primary N) is 1. The monoisotopic (exact) mass is 252 g/mol. The summed E-state index contributed by atoms with van der Waals surface area (Å²) in [5.74, 6) is -0.0377. The van der Waals surface area contributed by atoms with Gasteiger partial charge in [-0.25, -0.2) is 0 Å². The van der Waals surface area contributed by atoms with Gasteiger partial charge in [0.1, 0.15) is 0 Å². The lowest BCUT2D eigenvalue weighted by Gasteiger charge is -2.09. The molecule has 3 nitrogen and oxygen atoms in total. The van der Waals surface area contributed by atoms with Crippen molar-refractivity contribution in [2.75, 3.05) is 5.32 Å². The van der Waals surface area contributed by atoms with E-state index >= 15 is 0 Å². The number of benzene rings is 1. The third kappa shape index (κ3) is 5.75. The molecule has 1 atom stereocenters. The summed E-state index contributed by atoms with van der Waals surface area (Å²) < 4.78 is 0. The molecule has 1 aromatic carbocycles. The fraction of sp³-hybridized carbons (Fsp3) is 0.462. The number of hydrogen-bond donors (Lipinski definition) is 2. The number of nitrogens with one attached hydrogen (secondary N) is 1. The van der Waals surface area contributed by atoms with E-state index in [0.29, 0.717) is 11.7 Å². The highest BCUT2D eigenvalue weighted by atomic mass is 32.2. The minimum atomic E-state index is -0.106. The molecule has 4 heteroatoms. The lowest BCUT2D eigenvalue weighted by molar-refractivity contribution is -0.116. The standard InChI is InChI=1S/C13H20N2OS/c1-9(2)17-12-6-4-11(5-7-12)15-13(16)8-10(3)14/h4-7,9-10H,8,14H2,1-3H3,(H,15,16). The van der Waals surface area contributed by atoms with Crippen LogP contribution >= 0.6 is 11.8 Å². The SMILES string of the molecule is CC(N)CC(=O)Nc1ccc(SC(C)C)cc1. The summed E-state index contributed by atoms with van der Waals surface area (Å²) in [7, 11) is 0. The second kappa shape index (κ2) is 6.67. The Morgan fingerprint density at radius 3 is 2.35 bits per heavy atom. The van der Waals surface area contributed by atoms with Gasteiger partial charge in [0, 0.05) is 28.3 Å². The molecule has 17 heavy (non-hydrogen) atoms. The van der Waals surface area contributed by atoms with Crippen LogP contribution in [0.1, 0.15) is 27.2 Å². The summed E-state index contributed by atoms with van der Waals surface area (Å²) in [6, 6.07) is 7.78. The Bertz CT molecular complexity index is 360. The van der Waals surface area contributed by atoms with Gasteiger partial charge in [-0.2, -0.15) is 0 Å². The van der Waals surface area contributed by atoms with Gasteiger partial charge in [-0.1, -0.05) is 13.8 Å². The van der Waals surface area contributed by atoms with Gasteiger partial charge in [0.05, 0.1) is 0 Å². The lowest BCUT2D eigenvalue weighted by Crippen LogP contribution is -2.23. The van der Waals surface area contributed by atoms with Crippen molar-refractivity contribution in [1.29, 1.82) is 0 Å². The molecule has 0 aromatic heterocycles. The van der Waals surface area contributed by atoms with Crippen LogP contribution in [0.15, 0.2) is 29.2 Å². The number of hydrogen-bond acceptors (Lipinski definition) is 3. The summed E-state index contributed by atoms with van der Waals surface area (Å²) in [4.78, 5) is 12.7. The molecule has 0 aliphatic carbocycles. The third-order valence-corrected chi connectivity index (χ3v) is 3.03. The Kier molecular flexibility index (Phi) is 5.51. The molecular weight excluding hydrogens is 232 g/mol. The third-order valence-electron chi connectivity index (χ3n) is 2.02. The van der Waals surface area contributed by atoms with Gasteiger partial charge in [0.2, 0.25) is 5.91 Å². The van der Waals surface area contributed by atoms with Crippen molar-refractivity contribution >= 4 is 23.4 Å². The second-order valence-electron chi connectivity index (χ2n) is 4.42. The molecule has 1 amide bonds. The van der Waals surface area contributed by atoms with Gasteiger partial charge < -0.3 is 11.1 Å². The van der Waals surface area contributed by atoms with Crippen molar-refractivity contribution in [3.8, 4) is 0 Å². The van der Waals surface area contributed by atoms with E-state index in [1.807, 2.05) is 31.2 Å². The van der Waals surface area contributed by atoms with Crippen molar-refractivity contribution in [3.63, 3.8) is 0 Å². The van der Waals surface area contributed by atoms with E-state index in [1.54, 1.807) is 11.8 Å². The topological polar surface area (TPSA) is 55.1 Å². The second-order valence-corrected chi connectivity index (χ2v) is 6.07. The van der Waals surface area contributed by atoms with E-state index < -0.39 is 0 Å². The summed E-state index contributed by atoms with van der Waals surface area (Å²) in [5.41, 5.74) is 6.38. The van der Waals surface area contributed by atoms with E-state index in [1.165, 1.54) is 4.90 Å². The Hall–Kier alpha value is -1.00. The van der Waals surface area contributed by atoms with Crippen LogP contribution in [0.4, 0.5) is 5.69 Å². The highest BCUT2D eigenvalue weighted by Gasteiger charge is 2.05. The molecule has 0 heterocycles. The molecule has 0 saturated heterocycles. The highest BCUT2D eigenvalue weighted by Crippen LogP contribution is 2.24. The molecule has 0 aliphatic rings. The predicted octanol–water partition coefficient (Wildman–Crippen LogP) is 2.86. The van der Waals surface area contributed by atoms with Gasteiger partial charge >= 0.3 is 0 Å². The fourth-order valence-electron chi connectivity index (χ4n) is 1.39. The van der Waals surface area contributed by atoms with Crippen molar-refractivity contribution < 1.29 is 4.79 Å². The van der Waals surface area contributed by atoms with Crippen LogP contribution in [0.5, 0.6) is 0 Å². The molecule has 0 spiro atoms. The molecular formula is C13H20N2OS. The highest BCUT2D eigenvalue weighted by molar-refractivity contribution is 7.99. The zero-order valence-corrected chi connectivity index (χ0v) is 11.4. The zero-order chi connectivity index (χ0) is 12.8. The van der Waals surface area contributed by atoms with Crippen LogP contribution in [-0.4, -0.2) is 17.2 Å². The first-order valence-corrected chi connectivity index (χ1v) is 6.67. The molecule has 0 saturated carbocycles. The number of rotatable bonds is 5. The Balaban J connectivity index is 2.53. The van der Waals surface area contributed by atoms with Gasteiger partial charge in [-0.15, -0.1) is 11.8 Å². The predicted molar refractivity (Wildman–Crippen MR) is 74.3 cm³/mol. The average Bonchev–Trinajstić information content (AvgIpc) is 2.18. The molecule has 0 bridgehead atoms. The fourth-order valence-corrected chi connectivity index (χ4v) is 2.23. The lowest BCUT2D eigenvalue weighted by atomic mass is 10.2. The molecule has 1 aromatic rings. The zero-order valence-electron chi connectivity index (χ0n) is 10.6. The number of amides is 1. The average molecular weight is 252 g/mol. The maximum atomic E-state index is 11.5. The maximum absolute atomic E-state index is 11.5. The van der Waals surface area contributed by atoms with Crippen molar-refractivity contribution in [3.05, 3.63) is 24.3 Å². The molecule has 1 rings (SSSR count). The van der Waals surface area contributed by atoms with Crippen LogP contribution < -0.4 is 11.1 Å². The largest absolute Gasteiger partial charge is 0.327 e. The van der Waals surface area contributed by atoms with E-state index in [2.05, 4.69) is 19.2 Å². The first-order chi connectivity index (χ1) is 7.97. The Morgan fingerprint density at radius 1 is 1.29 bits per heavy atom. The first kappa shape index (κ1) is 14.1. The summed E-state index contributed by atoms with van der Waals surface area (Å²) in [5, 5.41) is 3.39. The first-order valence-electron chi connectivity index (χ1n) is 5.79. The Labute approximate surface area is 107 Å². The van der Waals surface area contributed by atoms with Gasteiger partial charge in [0.25, 0.3) is 0 Å². The van der Waals surface area contributed by atoms with E-state index in [9.17, 15) is 4.79 Å². The number of carbonyl (C=O) groups excluding carboxylic acids is 1. The number of thioether (sulfide) groups is 1. The van der Waals surface area contributed by atoms with Crippen LogP contribution in [0.2, 0.25) is 0 Å². The van der Waals surface area contributed by atoms with Crippen LogP contribution in [-0.2, 0) is 4.79 Å². The van der Waals surface area contributed by atoms with E-state index in [0.717, 1.165) is 5.69 Å². The van der Waals surface area contributed by atoms with Crippen LogP contribution in [0.3, 0.4) is 0 Å². The van der Waals surface area contributed by atoms with E-state index in [-0.39, 0.29) is 11.9 Å². The van der Waals surface area contributed by atoms with Crippen LogP contribution in [0, 0.1) is 0 Å². The van der Waals surface area contributed by atoms with Gasteiger partial charge in [-0.3, -0.25) is 4.79 Å². The molecule has 0 radical (unpaired) electrons. The van der Waals surface area contributed by atoms with Gasteiger partial charge in [-0.05, 0) is 31.2 Å². The smallest absolute Gasteiger partial charge is 0.225 e. The van der Waals surface area contributed by atoms with E-state index in [4.69, 9.17) is 5.73 Å². The molecule has 0 fully saturated rings. The van der Waals surface area contributed by atoms with Crippen molar-refractivity contribution in [2.24, 2.45) is 5.73 Å².